The number of benzene rings is 3. The number of rotatable bonds is 11. The van der Waals surface area contributed by atoms with Crippen molar-refractivity contribution in [3.63, 3.8) is 0 Å². The molecular formula is C35H42N2O8. The maximum atomic E-state index is 12.2. The molecule has 0 saturated carbocycles. The smallest absolute Gasteiger partial charge is 0.303 e. The van der Waals surface area contributed by atoms with E-state index in [2.05, 4.69) is 22.3 Å². The second-order valence-electron chi connectivity index (χ2n) is 11.5. The van der Waals surface area contributed by atoms with Crippen LogP contribution in [0.1, 0.15) is 66.0 Å². The highest BCUT2D eigenvalue weighted by Gasteiger charge is 2.34. The van der Waals surface area contributed by atoms with Crippen LogP contribution < -0.4 is 14.8 Å². The summed E-state index contributed by atoms with van der Waals surface area (Å²) in [6.45, 7) is 5.53. The molecule has 0 aromatic heterocycles. The summed E-state index contributed by atoms with van der Waals surface area (Å²) in [5.41, 5.74) is 6.15. The first kappa shape index (κ1) is 32.4. The van der Waals surface area contributed by atoms with Gasteiger partial charge in [0.2, 0.25) is 0 Å². The third-order valence-electron chi connectivity index (χ3n) is 8.30. The van der Waals surface area contributed by atoms with Crippen molar-refractivity contribution in [1.29, 1.82) is 0 Å². The number of ether oxygens (including phenoxy) is 5. The van der Waals surface area contributed by atoms with E-state index in [1.54, 1.807) is 21.1 Å². The number of aliphatic hydroxyl groups excluding tert-OH is 1. The predicted molar refractivity (Wildman–Crippen MR) is 166 cm³/mol. The fraction of sp³-hybridized carbons (Fsp3) is 0.429. The van der Waals surface area contributed by atoms with Gasteiger partial charge in [0.1, 0.15) is 0 Å². The summed E-state index contributed by atoms with van der Waals surface area (Å²) in [7, 11) is 3.31. The summed E-state index contributed by atoms with van der Waals surface area (Å²) in [4.78, 5) is 25.8. The Morgan fingerprint density at radius 3 is 2.24 bits per heavy atom. The molecule has 4 atom stereocenters. The zero-order valence-electron chi connectivity index (χ0n) is 26.3. The van der Waals surface area contributed by atoms with Gasteiger partial charge in [0.05, 0.1) is 33.0 Å². The molecule has 1 saturated heterocycles. The lowest BCUT2D eigenvalue weighted by molar-refractivity contribution is -0.253. The number of carbonyl (C=O) groups is 2. The van der Waals surface area contributed by atoms with Gasteiger partial charge >= 0.3 is 5.97 Å². The molecule has 4 unspecified atom stereocenters. The van der Waals surface area contributed by atoms with E-state index in [0.29, 0.717) is 13.0 Å². The molecule has 0 aliphatic carbocycles. The monoisotopic (exact) mass is 618 g/mol. The molecule has 45 heavy (non-hydrogen) atoms. The van der Waals surface area contributed by atoms with E-state index in [4.69, 9.17) is 23.7 Å². The topological polar surface area (TPSA) is 116 Å². The van der Waals surface area contributed by atoms with Gasteiger partial charge in [0, 0.05) is 45.1 Å². The first-order valence-electron chi connectivity index (χ1n) is 15.3. The predicted octanol–water partition coefficient (Wildman–Crippen LogP) is 4.37. The average Bonchev–Trinajstić information content (AvgIpc) is 3.06. The second kappa shape index (κ2) is 14.9. The number of aliphatic hydroxyl groups is 1. The van der Waals surface area contributed by atoms with E-state index >= 15 is 0 Å². The molecule has 0 radical (unpaired) electrons. The molecule has 3 aromatic carbocycles. The molecule has 5 rings (SSSR count). The second-order valence-corrected chi connectivity index (χ2v) is 11.5. The molecule has 1 fully saturated rings. The van der Waals surface area contributed by atoms with Crippen molar-refractivity contribution < 1.29 is 38.4 Å². The molecule has 0 spiro atoms. The molecule has 10 nitrogen and oxygen atoms in total. The zero-order chi connectivity index (χ0) is 31.9. The van der Waals surface area contributed by atoms with Crippen LogP contribution in [0.25, 0.3) is 0 Å². The fourth-order valence-electron chi connectivity index (χ4n) is 5.85. The Kier molecular flexibility index (Phi) is 10.7. The average molecular weight is 619 g/mol. The third kappa shape index (κ3) is 8.20. The van der Waals surface area contributed by atoms with Gasteiger partial charge in [-0.1, -0.05) is 48.5 Å². The number of nitrogens with one attached hydrogen (secondary N) is 1. The van der Waals surface area contributed by atoms with Crippen LogP contribution in [0.2, 0.25) is 0 Å². The molecule has 10 heteroatoms. The quantitative estimate of drug-likeness (QED) is 0.302. The molecule has 2 aliphatic heterocycles. The normalized spacial score (nSPS) is 20.5. The van der Waals surface area contributed by atoms with E-state index in [9.17, 15) is 14.7 Å². The van der Waals surface area contributed by atoms with Gasteiger partial charge in [-0.2, -0.15) is 0 Å². The number of carbonyl (C=O) groups excluding carboxylic acids is 2. The summed E-state index contributed by atoms with van der Waals surface area (Å²) in [5, 5.41) is 12.3. The highest BCUT2D eigenvalue weighted by atomic mass is 16.7. The summed E-state index contributed by atoms with van der Waals surface area (Å²) < 4.78 is 29.1. The number of methoxy groups -OCH3 is 2. The van der Waals surface area contributed by atoms with Crippen LogP contribution in [0.5, 0.6) is 11.5 Å². The first-order valence-corrected chi connectivity index (χ1v) is 15.3. The molecule has 0 bridgehead atoms. The van der Waals surface area contributed by atoms with Gasteiger partial charge in [-0.15, -0.1) is 0 Å². The Hall–Kier alpha value is -3.96. The lowest BCUT2D eigenvalue weighted by Gasteiger charge is -2.39. The standard InChI is InChI=1S/C35H42N2O8/c1-22(43-23(2)39)34(40)36-18-24-5-11-27(12-6-24)35-44-30(17-31(45-35)26-9-7-25(21-38)8-10-26)20-37-14-13-28-15-32(41-3)33(42-4)16-29(28)19-37/h5-12,15-16,22,30-31,35,38H,13-14,17-21H2,1-4H3,(H,36,40). The lowest BCUT2D eigenvalue weighted by atomic mass is 9.97. The Labute approximate surface area is 264 Å². The molecule has 3 aromatic rings. The van der Waals surface area contributed by atoms with Crippen molar-refractivity contribution in [2.45, 2.75) is 71.0 Å². The van der Waals surface area contributed by atoms with Gasteiger partial charge in [0.15, 0.2) is 23.9 Å². The van der Waals surface area contributed by atoms with Gasteiger partial charge < -0.3 is 34.1 Å². The van der Waals surface area contributed by atoms with Gasteiger partial charge in [0.25, 0.3) is 5.91 Å². The zero-order valence-corrected chi connectivity index (χ0v) is 26.3. The van der Waals surface area contributed by atoms with Crippen molar-refractivity contribution in [1.82, 2.24) is 10.2 Å². The number of hydrogen-bond acceptors (Lipinski definition) is 9. The fourth-order valence-corrected chi connectivity index (χ4v) is 5.85. The minimum absolute atomic E-state index is 0.0112. The number of fused-ring (bicyclic) bond motifs is 1. The number of amides is 1. The number of esters is 1. The van der Waals surface area contributed by atoms with E-state index in [0.717, 1.165) is 59.8 Å². The Bertz CT molecular complexity index is 1460. The highest BCUT2D eigenvalue weighted by Crippen LogP contribution is 2.39. The van der Waals surface area contributed by atoms with Crippen LogP contribution in [0.3, 0.4) is 0 Å². The van der Waals surface area contributed by atoms with Gasteiger partial charge in [-0.25, -0.2) is 0 Å². The molecule has 2 heterocycles. The lowest BCUT2D eigenvalue weighted by Crippen LogP contribution is -2.41. The Balaban J connectivity index is 1.29. The molecular weight excluding hydrogens is 576 g/mol. The molecule has 1 amide bonds. The number of hydrogen-bond donors (Lipinski definition) is 2. The van der Waals surface area contributed by atoms with Crippen molar-refractivity contribution in [2.75, 3.05) is 27.3 Å². The Morgan fingerprint density at radius 1 is 0.956 bits per heavy atom. The molecule has 2 aliphatic rings. The minimum Gasteiger partial charge on any atom is -0.493 e. The van der Waals surface area contributed by atoms with Crippen LogP contribution in [-0.4, -0.2) is 61.4 Å². The van der Waals surface area contributed by atoms with Gasteiger partial charge in [-0.05, 0) is 53.3 Å². The first-order chi connectivity index (χ1) is 21.8. The van der Waals surface area contributed by atoms with E-state index < -0.39 is 18.4 Å². The Morgan fingerprint density at radius 2 is 1.60 bits per heavy atom. The molecule has 240 valence electrons. The van der Waals surface area contributed by atoms with Crippen LogP contribution in [-0.2, 0) is 49.9 Å². The van der Waals surface area contributed by atoms with Crippen molar-refractivity contribution >= 4 is 11.9 Å². The van der Waals surface area contributed by atoms with Crippen LogP contribution in [0, 0.1) is 0 Å². The highest BCUT2D eigenvalue weighted by molar-refractivity contribution is 5.82. The van der Waals surface area contributed by atoms with E-state index in [1.165, 1.54) is 18.1 Å². The van der Waals surface area contributed by atoms with Crippen molar-refractivity contribution in [2.24, 2.45) is 0 Å². The summed E-state index contributed by atoms with van der Waals surface area (Å²) in [6.07, 6.45) is -0.120. The number of nitrogens with zero attached hydrogens (tertiary/aromatic N) is 1. The van der Waals surface area contributed by atoms with Gasteiger partial charge in [-0.3, -0.25) is 14.5 Å². The summed E-state index contributed by atoms with van der Waals surface area (Å²) in [6, 6.07) is 19.8. The molecule has 2 N–H and O–H groups in total. The summed E-state index contributed by atoms with van der Waals surface area (Å²) in [5.74, 6) is 0.625. The van der Waals surface area contributed by atoms with E-state index in [-0.39, 0.29) is 24.7 Å². The SMILES string of the molecule is COc1cc2c(cc1OC)CN(CC1CC(c3ccc(CO)cc3)OC(c3ccc(CNC(=O)C(C)OC(C)=O)cc3)O1)CC2. The van der Waals surface area contributed by atoms with Crippen molar-refractivity contribution in [3.8, 4) is 11.5 Å². The van der Waals surface area contributed by atoms with E-state index in [1.807, 2.05) is 48.5 Å². The maximum Gasteiger partial charge on any atom is 0.303 e. The summed E-state index contributed by atoms with van der Waals surface area (Å²) >= 11 is 0. The third-order valence-corrected chi connectivity index (χ3v) is 8.30. The largest absolute Gasteiger partial charge is 0.493 e. The van der Waals surface area contributed by atoms with Crippen LogP contribution in [0.15, 0.2) is 60.7 Å². The maximum absolute atomic E-state index is 12.2. The van der Waals surface area contributed by atoms with Crippen molar-refractivity contribution in [3.05, 3.63) is 94.0 Å². The van der Waals surface area contributed by atoms with Crippen LogP contribution >= 0.6 is 0 Å². The van der Waals surface area contributed by atoms with Crippen LogP contribution in [0.4, 0.5) is 0 Å². The minimum atomic E-state index is -0.857.